The molecule has 1 heterocycles. The molecular weight excluding hydrogens is 226 g/mol. The lowest BCUT2D eigenvalue weighted by Gasteiger charge is -2.07. The molecule has 16 heavy (non-hydrogen) atoms. The third kappa shape index (κ3) is 1.63. The Bertz CT molecular complexity index is 593. The number of carbonyl (C=O) groups is 1. The van der Waals surface area contributed by atoms with E-state index in [2.05, 4.69) is 4.98 Å². The summed E-state index contributed by atoms with van der Waals surface area (Å²) >= 11 is 5.90. The molecule has 0 amide bonds. The monoisotopic (exact) mass is 235 g/mol. The molecule has 0 radical (unpaired) electrons. The molecule has 0 aliphatic carbocycles. The van der Waals surface area contributed by atoms with Gasteiger partial charge in [-0.1, -0.05) is 11.6 Å². The van der Waals surface area contributed by atoms with Crippen molar-refractivity contribution in [1.82, 2.24) is 4.98 Å². The Kier molecular flexibility index (Phi) is 2.56. The fraction of sp³-hybridized carbons (Fsp3) is 0.167. The minimum Gasteiger partial charge on any atom is -0.506 e. The van der Waals surface area contributed by atoms with Crippen LogP contribution in [0.5, 0.6) is 5.75 Å². The number of fused-ring (bicyclic) bond motifs is 1. The van der Waals surface area contributed by atoms with Crippen molar-refractivity contribution in [3.63, 3.8) is 0 Å². The number of nitrogens with zero attached hydrogens (tertiary/aromatic N) is 1. The van der Waals surface area contributed by atoms with Gasteiger partial charge in [0.2, 0.25) is 0 Å². The van der Waals surface area contributed by atoms with E-state index in [0.29, 0.717) is 15.9 Å². The molecule has 4 heteroatoms. The molecule has 0 saturated carbocycles. The van der Waals surface area contributed by atoms with Crippen molar-refractivity contribution in [2.45, 2.75) is 13.8 Å². The quantitative estimate of drug-likeness (QED) is 0.773. The number of halogens is 1. The maximum Gasteiger partial charge on any atom is 0.165 e. The van der Waals surface area contributed by atoms with Crippen LogP contribution >= 0.6 is 11.6 Å². The smallest absolute Gasteiger partial charge is 0.165 e. The molecule has 82 valence electrons. The number of Topliss-reactive ketones (excluding diaryl/α,β-unsaturated/α-hetero) is 1. The van der Waals surface area contributed by atoms with E-state index in [0.717, 1.165) is 5.56 Å². The summed E-state index contributed by atoms with van der Waals surface area (Å²) in [6.45, 7) is 3.24. The van der Waals surface area contributed by atoms with Crippen molar-refractivity contribution in [2.75, 3.05) is 0 Å². The summed E-state index contributed by atoms with van der Waals surface area (Å²) in [5.41, 5.74) is 1.74. The van der Waals surface area contributed by atoms with E-state index in [1.165, 1.54) is 13.1 Å². The first-order chi connectivity index (χ1) is 7.50. The molecule has 0 spiro atoms. The van der Waals surface area contributed by atoms with Gasteiger partial charge in [0.25, 0.3) is 0 Å². The Labute approximate surface area is 97.7 Å². The molecule has 0 aliphatic rings. The molecule has 2 aromatic rings. The molecule has 0 saturated heterocycles. The Hall–Kier alpha value is -1.61. The van der Waals surface area contributed by atoms with Crippen LogP contribution in [0.25, 0.3) is 10.9 Å². The molecule has 0 bridgehead atoms. The van der Waals surface area contributed by atoms with Gasteiger partial charge in [-0.3, -0.25) is 9.78 Å². The fourth-order valence-electron chi connectivity index (χ4n) is 1.68. The minimum absolute atomic E-state index is 0.0527. The number of carbonyl (C=O) groups excluding carboxylic acids is 1. The number of aryl methyl sites for hydroxylation is 1. The Morgan fingerprint density at radius 3 is 2.75 bits per heavy atom. The van der Waals surface area contributed by atoms with Crippen LogP contribution in [0, 0.1) is 6.92 Å². The van der Waals surface area contributed by atoms with Crippen LogP contribution in [0.4, 0.5) is 0 Å². The lowest BCUT2D eigenvalue weighted by molar-refractivity contribution is 0.101. The molecule has 1 aromatic heterocycles. The second-order valence-electron chi connectivity index (χ2n) is 3.70. The molecule has 2 rings (SSSR count). The number of benzene rings is 1. The first-order valence-electron chi connectivity index (χ1n) is 4.79. The van der Waals surface area contributed by atoms with Crippen molar-refractivity contribution in [1.29, 1.82) is 0 Å². The van der Waals surface area contributed by atoms with Crippen molar-refractivity contribution >= 4 is 28.3 Å². The summed E-state index contributed by atoms with van der Waals surface area (Å²) in [7, 11) is 0. The van der Waals surface area contributed by atoms with E-state index in [1.807, 2.05) is 6.92 Å². The van der Waals surface area contributed by atoms with Crippen LogP contribution in [0.15, 0.2) is 18.3 Å². The molecular formula is C12H10ClNO2. The second kappa shape index (κ2) is 3.76. The zero-order valence-corrected chi connectivity index (χ0v) is 9.67. The second-order valence-corrected chi connectivity index (χ2v) is 4.13. The van der Waals surface area contributed by atoms with E-state index in [9.17, 15) is 9.90 Å². The van der Waals surface area contributed by atoms with Gasteiger partial charge in [0.15, 0.2) is 5.78 Å². The van der Waals surface area contributed by atoms with Crippen LogP contribution in [-0.4, -0.2) is 15.9 Å². The number of rotatable bonds is 1. The van der Waals surface area contributed by atoms with E-state index in [4.69, 9.17) is 11.6 Å². The van der Waals surface area contributed by atoms with Crippen LogP contribution in [0.3, 0.4) is 0 Å². The molecule has 0 atom stereocenters. The third-order valence-corrected chi connectivity index (χ3v) is 2.70. The van der Waals surface area contributed by atoms with Gasteiger partial charge in [-0.15, -0.1) is 0 Å². The first kappa shape index (κ1) is 10.9. The van der Waals surface area contributed by atoms with Gasteiger partial charge in [-0.2, -0.15) is 0 Å². The number of hydrogen-bond donors (Lipinski definition) is 1. The van der Waals surface area contributed by atoms with Gasteiger partial charge >= 0.3 is 0 Å². The molecule has 1 aromatic carbocycles. The number of hydrogen-bond acceptors (Lipinski definition) is 3. The van der Waals surface area contributed by atoms with Gasteiger partial charge in [0, 0.05) is 16.6 Å². The van der Waals surface area contributed by atoms with Crippen LogP contribution in [0.1, 0.15) is 22.8 Å². The molecule has 1 N–H and O–H groups in total. The molecule has 0 aliphatic heterocycles. The molecule has 0 unspecified atom stereocenters. The normalized spacial score (nSPS) is 10.7. The van der Waals surface area contributed by atoms with Crippen LogP contribution in [0.2, 0.25) is 5.02 Å². The third-order valence-electron chi connectivity index (χ3n) is 2.48. The van der Waals surface area contributed by atoms with E-state index >= 15 is 0 Å². The largest absolute Gasteiger partial charge is 0.506 e. The van der Waals surface area contributed by atoms with Gasteiger partial charge in [0.05, 0.1) is 11.1 Å². The van der Waals surface area contributed by atoms with Crippen molar-refractivity contribution < 1.29 is 9.90 Å². The Balaban J connectivity index is 2.89. The highest BCUT2D eigenvalue weighted by atomic mass is 35.5. The summed E-state index contributed by atoms with van der Waals surface area (Å²) in [6, 6.07) is 3.38. The fourth-order valence-corrected chi connectivity index (χ4v) is 1.95. The average Bonchev–Trinajstić information content (AvgIpc) is 2.19. The van der Waals surface area contributed by atoms with Crippen LogP contribution in [-0.2, 0) is 0 Å². The molecule has 0 fully saturated rings. The van der Waals surface area contributed by atoms with Gasteiger partial charge in [-0.25, -0.2) is 0 Å². The summed E-state index contributed by atoms with van der Waals surface area (Å²) in [6.07, 6.45) is 1.39. The summed E-state index contributed by atoms with van der Waals surface area (Å²) < 4.78 is 0. The van der Waals surface area contributed by atoms with Crippen molar-refractivity contribution in [2.24, 2.45) is 0 Å². The average molecular weight is 236 g/mol. The first-order valence-corrected chi connectivity index (χ1v) is 5.17. The number of ketones is 1. The number of pyridine rings is 1. The Morgan fingerprint density at radius 2 is 2.12 bits per heavy atom. The van der Waals surface area contributed by atoms with E-state index in [-0.39, 0.29) is 17.1 Å². The van der Waals surface area contributed by atoms with Gasteiger partial charge < -0.3 is 5.11 Å². The standard InChI is InChI=1S/C12H10ClNO2/c1-6-3-8(13)4-9-11(6)14-5-10(7(2)15)12(9)16/h3-5H,1-2H3,(H,14,16). The number of aromatic nitrogens is 1. The lowest BCUT2D eigenvalue weighted by Crippen LogP contribution is -1.96. The highest BCUT2D eigenvalue weighted by Crippen LogP contribution is 2.31. The summed E-state index contributed by atoms with van der Waals surface area (Å²) in [5.74, 6) is -0.271. The van der Waals surface area contributed by atoms with Crippen LogP contribution < -0.4 is 0 Å². The highest BCUT2D eigenvalue weighted by molar-refractivity contribution is 6.31. The number of aromatic hydroxyl groups is 1. The Morgan fingerprint density at radius 1 is 1.44 bits per heavy atom. The predicted molar refractivity (Wildman–Crippen MR) is 63.2 cm³/mol. The lowest BCUT2D eigenvalue weighted by atomic mass is 10.1. The topological polar surface area (TPSA) is 50.2 Å². The van der Waals surface area contributed by atoms with Gasteiger partial charge in [-0.05, 0) is 31.5 Å². The maximum atomic E-state index is 11.2. The highest BCUT2D eigenvalue weighted by Gasteiger charge is 2.12. The SMILES string of the molecule is CC(=O)c1cnc2c(C)cc(Cl)cc2c1O. The van der Waals surface area contributed by atoms with Crippen molar-refractivity contribution in [3.8, 4) is 5.75 Å². The van der Waals surface area contributed by atoms with Crippen molar-refractivity contribution in [3.05, 3.63) is 34.5 Å². The zero-order chi connectivity index (χ0) is 11.9. The molecule has 3 nitrogen and oxygen atoms in total. The minimum atomic E-state index is -0.218. The van der Waals surface area contributed by atoms with E-state index in [1.54, 1.807) is 12.1 Å². The predicted octanol–water partition coefficient (Wildman–Crippen LogP) is 3.10. The van der Waals surface area contributed by atoms with E-state index < -0.39 is 0 Å². The summed E-state index contributed by atoms with van der Waals surface area (Å²) in [4.78, 5) is 15.4. The summed E-state index contributed by atoms with van der Waals surface area (Å²) in [5, 5.41) is 11.0. The maximum absolute atomic E-state index is 11.2. The van der Waals surface area contributed by atoms with Gasteiger partial charge in [0.1, 0.15) is 5.75 Å². The zero-order valence-electron chi connectivity index (χ0n) is 8.91.